The number of hydrogen-bond acceptors (Lipinski definition) is 3. The number of hydrogen-bond donors (Lipinski definition) is 1. The van der Waals surface area contributed by atoms with Crippen molar-refractivity contribution in [3.63, 3.8) is 0 Å². The zero-order chi connectivity index (χ0) is 15.4. The first-order valence-corrected chi connectivity index (χ1v) is 7.13. The van der Waals surface area contributed by atoms with Gasteiger partial charge in [-0.1, -0.05) is 17.7 Å². The van der Waals surface area contributed by atoms with Crippen molar-refractivity contribution in [2.45, 2.75) is 20.4 Å². The molecule has 1 aromatic carbocycles. The Labute approximate surface area is 129 Å². The van der Waals surface area contributed by atoms with Gasteiger partial charge in [0.05, 0.1) is 13.1 Å². The molecule has 1 aromatic heterocycles. The van der Waals surface area contributed by atoms with Crippen LogP contribution in [-0.4, -0.2) is 24.4 Å². The van der Waals surface area contributed by atoms with Crippen LogP contribution in [0.5, 0.6) is 0 Å². The fourth-order valence-electron chi connectivity index (χ4n) is 1.91. The van der Waals surface area contributed by atoms with E-state index in [0.29, 0.717) is 11.6 Å². The fraction of sp³-hybridized carbons (Fsp3) is 0.312. The van der Waals surface area contributed by atoms with Crippen molar-refractivity contribution in [3.05, 3.63) is 52.4 Å². The minimum Gasteiger partial charge on any atom is -0.464 e. The van der Waals surface area contributed by atoms with E-state index in [1.807, 2.05) is 44.2 Å². The molecule has 1 N–H and O–H groups in total. The predicted molar refractivity (Wildman–Crippen MR) is 84.6 cm³/mol. The monoisotopic (exact) mass is 306 g/mol. The van der Waals surface area contributed by atoms with Gasteiger partial charge in [0.25, 0.3) is 0 Å². The number of benzene rings is 1. The van der Waals surface area contributed by atoms with E-state index in [2.05, 4.69) is 5.32 Å². The second-order valence-electron chi connectivity index (χ2n) is 5.08. The highest BCUT2D eigenvalue weighted by Gasteiger charge is 2.11. The quantitative estimate of drug-likeness (QED) is 0.917. The molecular formula is C16H19ClN2O2. The maximum absolute atomic E-state index is 12.1. The number of anilines is 1. The van der Waals surface area contributed by atoms with Crippen molar-refractivity contribution in [3.8, 4) is 0 Å². The molecular weight excluding hydrogens is 288 g/mol. The molecule has 0 saturated heterocycles. The Hall–Kier alpha value is -1.94. The van der Waals surface area contributed by atoms with Crippen LogP contribution in [0.15, 0.2) is 34.7 Å². The molecule has 0 atom stereocenters. The van der Waals surface area contributed by atoms with Gasteiger partial charge in [0.1, 0.15) is 11.5 Å². The second kappa shape index (κ2) is 6.68. The van der Waals surface area contributed by atoms with Gasteiger partial charge in [-0.05, 0) is 43.7 Å². The standard InChI is InChI=1S/C16H19ClN2O2/c1-11-4-6-13(8-15(11)17)18-9-16(20)19(3)10-14-7-5-12(2)21-14/h4-8,18H,9-10H2,1-3H3. The van der Waals surface area contributed by atoms with E-state index in [0.717, 1.165) is 22.8 Å². The molecule has 4 nitrogen and oxygen atoms in total. The lowest BCUT2D eigenvalue weighted by Gasteiger charge is -2.16. The molecule has 1 amide bonds. The molecule has 0 aliphatic heterocycles. The van der Waals surface area contributed by atoms with E-state index < -0.39 is 0 Å². The van der Waals surface area contributed by atoms with Crippen molar-refractivity contribution in [1.82, 2.24) is 4.90 Å². The molecule has 2 aromatic rings. The van der Waals surface area contributed by atoms with Crippen molar-refractivity contribution < 1.29 is 9.21 Å². The van der Waals surface area contributed by atoms with Crippen LogP contribution in [0.3, 0.4) is 0 Å². The number of rotatable bonds is 5. The van der Waals surface area contributed by atoms with Crippen molar-refractivity contribution >= 4 is 23.2 Å². The number of carbonyl (C=O) groups excluding carboxylic acids is 1. The summed E-state index contributed by atoms with van der Waals surface area (Å²) in [5, 5.41) is 3.77. The summed E-state index contributed by atoms with van der Waals surface area (Å²) in [6.45, 7) is 4.50. The molecule has 0 spiro atoms. The number of carbonyl (C=O) groups is 1. The van der Waals surface area contributed by atoms with Crippen LogP contribution in [0.4, 0.5) is 5.69 Å². The number of halogens is 1. The molecule has 0 saturated carbocycles. The summed E-state index contributed by atoms with van der Waals surface area (Å²) in [5.41, 5.74) is 1.85. The number of furan rings is 1. The average Bonchev–Trinajstić information content (AvgIpc) is 2.85. The maximum Gasteiger partial charge on any atom is 0.242 e. The van der Waals surface area contributed by atoms with Crippen LogP contribution in [0, 0.1) is 13.8 Å². The number of likely N-dealkylation sites (N-methyl/N-ethyl adjacent to an activating group) is 1. The molecule has 0 unspecified atom stereocenters. The molecule has 0 bridgehead atoms. The molecule has 0 aliphatic carbocycles. The SMILES string of the molecule is Cc1ccc(CN(C)C(=O)CNc2ccc(C)c(Cl)c2)o1. The lowest BCUT2D eigenvalue weighted by Crippen LogP contribution is -2.31. The highest BCUT2D eigenvalue weighted by molar-refractivity contribution is 6.31. The van der Waals surface area contributed by atoms with Crippen LogP contribution in [0.1, 0.15) is 17.1 Å². The fourth-order valence-corrected chi connectivity index (χ4v) is 2.09. The van der Waals surface area contributed by atoms with Gasteiger partial charge in [0.15, 0.2) is 0 Å². The van der Waals surface area contributed by atoms with Gasteiger partial charge in [-0.15, -0.1) is 0 Å². The van der Waals surface area contributed by atoms with E-state index in [1.165, 1.54) is 0 Å². The lowest BCUT2D eigenvalue weighted by molar-refractivity contribution is -0.128. The van der Waals surface area contributed by atoms with Gasteiger partial charge in [-0.3, -0.25) is 4.79 Å². The van der Waals surface area contributed by atoms with Gasteiger partial charge in [0, 0.05) is 17.8 Å². The lowest BCUT2D eigenvalue weighted by atomic mass is 10.2. The molecule has 0 fully saturated rings. The third kappa shape index (κ3) is 4.26. The Morgan fingerprint density at radius 3 is 2.67 bits per heavy atom. The number of nitrogens with zero attached hydrogens (tertiary/aromatic N) is 1. The first-order valence-electron chi connectivity index (χ1n) is 6.75. The second-order valence-corrected chi connectivity index (χ2v) is 5.49. The van der Waals surface area contributed by atoms with Crippen LogP contribution in [0.25, 0.3) is 0 Å². The topological polar surface area (TPSA) is 45.5 Å². The minimum absolute atomic E-state index is 0.0132. The normalized spacial score (nSPS) is 10.5. The highest BCUT2D eigenvalue weighted by atomic mass is 35.5. The Balaban J connectivity index is 1.87. The molecule has 2 rings (SSSR count). The van der Waals surface area contributed by atoms with E-state index in [9.17, 15) is 4.79 Å². The van der Waals surface area contributed by atoms with Gasteiger partial charge in [-0.2, -0.15) is 0 Å². The van der Waals surface area contributed by atoms with Gasteiger partial charge >= 0.3 is 0 Å². The first kappa shape index (κ1) is 15.4. The third-order valence-electron chi connectivity index (χ3n) is 3.23. The van der Waals surface area contributed by atoms with Crippen LogP contribution < -0.4 is 5.32 Å². The van der Waals surface area contributed by atoms with Gasteiger partial charge in [-0.25, -0.2) is 0 Å². The average molecular weight is 307 g/mol. The van der Waals surface area contributed by atoms with Crippen molar-refractivity contribution in [2.75, 3.05) is 18.9 Å². The molecule has 1 heterocycles. The summed E-state index contributed by atoms with van der Waals surface area (Å²) in [7, 11) is 1.75. The maximum atomic E-state index is 12.1. The Bertz CT molecular complexity index is 637. The zero-order valence-electron chi connectivity index (χ0n) is 12.4. The predicted octanol–water partition coefficient (Wildman–Crippen LogP) is 3.62. The third-order valence-corrected chi connectivity index (χ3v) is 3.64. The van der Waals surface area contributed by atoms with Crippen LogP contribution >= 0.6 is 11.6 Å². The highest BCUT2D eigenvalue weighted by Crippen LogP contribution is 2.19. The molecule has 0 radical (unpaired) electrons. The van der Waals surface area contributed by atoms with Gasteiger partial charge in [0.2, 0.25) is 5.91 Å². The molecule has 112 valence electrons. The van der Waals surface area contributed by atoms with Crippen molar-refractivity contribution in [2.24, 2.45) is 0 Å². The van der Waals surface area contributed by atoms with Crippen molar-refractivity contribution in [1.29, 1.82) is 0 Å². The van der Waals surface area contributed by atoms with E-state index in [4.69, 9.17) is 16.0 Å². The number of aryl methyl sites for hydroxylation is 2. The number of amides is 1. The molecule has 5 heteroatoms. The summed E-state index contributed by atoms with van der Waals surface area (Å²) >= 11 is 6.05. The van der Waals surface area contributed by atoms with E-state index in [-0.39, 0.29) is 12.5 Å². The summed E-state index contributed by atoms with van der Waals surface area (Å²) in [5.74, 6) is 1.61. The smallest absolute Gasteiger partial charge is 0.242 e. The number of nitrogens with one attached hydrogen (secondary N) is 1. The van der Waals surface area contributed by atoms with E-state index >= 15 is 0 Å². The largest absolute Gasteiger partial charge is 0.464 e. The Kier molecular flexibility index (Phi) is 4.91. The summed E-state index contributed by atoms with van der Waals surface area (Å²) in [4.78, 5) is 13.7. The van der Waals surface area contributed by atoms with Gasteiger partial charge < -0.3 is 14.6 Å². The molecule has 0 aliphatic rings. The van der Waals surface area contributed by atoms with E-state index in [1.54, 1.807) is 11.9 Å². The minimum atomic E-state index is -0.0132. The molecule has 21 heavy (non-hydrogen) atoms. The Morgan fingerprint density at radius 1 is 1.29 bits per heavy atom. The Morgan fingerprint density at radius 2 is 2.05 bits per heavy atom. The summed E-state index contributed by atoms with van der Waals surface area (Å²) < 4.78 is 5.46. The van der Waals surface area contributed by atoms with Crippen LogP contribution in [0.2, 0.25) is 5.02 Å². The zero-order valence-corrected chi connectivity index (χ0v) is 13.2. The summed E-state index contributed by atoms with van der Waals surface area (Å²) in [6, 6.07) is 9.42. The summed E-state index contributed by atoms with van der Waals surface area (Å²) in [6.07, 6.45) is 0. The van der Waals surface area contributed by atoms with Crippen LogP contribution in [-0.2, 0) is 11.3 Å². The first-order chi connectivity index (χ1) is 9.95.